The van der Waals surface area contributed by atoms with E-state index < -0.39 is 73.2 Å². The maximum Gasteiger partial charge on any atom is 0.343 e. The number of hydrogen-bond acceptors (Lipinski definition) is 15. The summed E-state index contributed by atoms with van der Waals surface area (Å²) in [5.74, 6) is -6.27. The molecule has 1 spiro atoms. The smallest absolute Gasteiger partial charge is 0.343 e. The van der Waals surface area contributed by atoms with Crippen molar-refractivity contribution in [2.24, 2.45) is 33.9 Å². The number of allylic oxidation sites excluding steroid dienone is 1. The van der Waals surface area contributed by atoms with E-state index >= 15 is 0 Å². The summed E-state index contributed by atoms with van der Waals surface area (Å²) in [5, 5.41) is 78.3. The molecule has 61 heavy (non-hydrogen) atoms. The van der Waals surface area contributed by atoms with Gasteiger partial charge in [0.05, 0.1) is 42.8 Å². The summed E-state index contributed by atoms with van der Waals surface area (Å²) < 4.78 is 30.1. The number of guanidine groups is 1. The molecule has 19 heteroatoms. The van der Waals surface area contributed by atoms with Gasteiger partial charge in [-0.15, -0.1) is 6.58 Å². The van der Waals surface area contributed by atoms with Crippen molar-refractivity contribution in [3.8, 4) is 0 Å². The molecule has 1 saturated heterocycles. The summed E-state index contributed by atoms with van der Waals surface area (Å²) in [6, 6.07) is 0. The highest BCUT2D eigenvalue weighted by atomic mass is 16.8. The lowest BCUT2D eigenvalue weighted by molar-refractivity contribution is -0.843. The Balaban J connectivity index is 1.53. The Morgan fingerprint density at radius 1 is 1.16 bits per heavy atom. The molecule has 2 saturated carbocycles. The Morgan fingerprint density at radius 3 is 2.59 bits per heavy atom. The van der Waals surface area contributed by atoms with E-state index in [0.717, 1.165) is 38.6 Å². The van der Waals surface area contributed by atoms with Crippen LogP contribution < -0.4 is 21.3 Å². The first-order valence-electron chi connectivity index (χ1n) is 21.2. The maximum atomic E-state index is 14.3. The molecule has 11 unspecified atom stereocenters. The summed E-state index contributed by atoms with van der Waals surface area (Å²) in [4.78, 5) is 31.8. The quantitative estimate of drug-likeness (QED) is 0.0172. The third-order valence-corrected chi connectivity index (χ3v) is 12.3. The number of hydrogen-bond donors (Lipinski definition) is 11. The van der Waals surface area contributed by atoms with Crippen LogP contribution in [0.15, 0.2) is 64.7 Å². The van der Waals surface area contributed by atoms with Crippen molar-refractivity contribution in [3.05, 3.63) is 59.7 Å². The van der Waals surface area contributed by atoms with Crippen molar-refractivity contribution < 1.29 is 73.9 Å². The number of esters is 1. The van der Waals surface area contributed by atoms with Crippen molar-refractivity contribution in [3.63, 3.8) is 0 Å². The molecule has 0 aromatic carbocycles. The molecule has 12 N–H and O–H groups in total. The minimum Gasteiger partial charge on any atom is -0.477 e. The Morgan fingerprint density at radius 2 is 1.93 bits per heavy atom. The van der Waals surface area contributed by atoms with E-state index in [-0.39, 0.29) is 67.2 Å². The van der Waals surface area contributed by atoms with Crippen LogP contribution in [0, 0.1) is 23.2 Å². The number of carboxylic acids is 1. The Labute approximate surface area is 356 Å². The largest absolute Gasteiger partial charge is 0.477 e. The van der Waals surface area contributed by atoms with Gasteiger partial charge in [-0.25, -0.2) is 9.59 Å². The van der Waals surface area contributed by atoms with E-state index in [1.807, 2.05) is 7.05 Å². The first-order valence-corrected chi connectivity index (χ1v) is 21.2. The van der Waals surface area contributed by atoms with Gasteiger partial charge in [-0.3, -0.25) is 4.99 Å². The van der Waals surface area contributed by atoms with Gasteiger partial charge in [0.2, 0.25) is 12.1 Å². The molecule has 0 aromatic heterocycles. The van der Waals surface area contributed by atoms with Gasteiger partial charge in [0, 0.05) is 24.6 Å². The van der Waals surface area contributed by atoms with Gasteiger partial charge in [-0.05, 0) is 77.3 Å². The molecule has 11 atom stereocenters. The highest BCUT2D eigenvalue weighted by molar-refractivity contribution is 5.94. The van der Waals surface area contributed by atoms with Gasteiger partial charge >= 0.3 is 11.9 Å². The number of carbonyl (C=O) groups excluding carboxylic acids is 1. The second-order valence-electron chi connectivity index (χ2n) is 16.8. The fourth-order valence-electron chi connectivity index (χ4n) is 9.33. The van der Waals surface area contributed by atoms with Crippen molar-refractivity contribution in [1.29, 1.82) is 0 Å². The lowest BCUT2D eigenvalue weighted by Crippen LogP contribution is -3.09. The SMILES string of the molecule is C=CC1C(OC2OC(CO)C(O)C(O)(O)C2OC(C)C)OC=C(C(=O)OC2CCC3(CCCC3CNC)C2)C1C=CC1=C(NC(N)=NCCCO)C(C(=O)O)=C[NH+](CCO)C1. The predicted octanol–water partition coefficient (Wildman–Crippen LogP) is -1.73. The molecule has 0 aromatic rings. The number of nitrogens with one attached hydrogen (secondary N) is 3. The summed E-state index contributed by atoms with van der Waals surface area (Å²) in [5.41, 5.74) is 6.78. The standard InChI is InChI=1S/C42H65N5O14/c1-5-28-29(10-9-25-20-47(15-17-49)21-30(36(52)53)33(25)46-40(43)45-14-7-16-48)31(37(54)59-27-11-13-41(18-27)12-6-8-26(41)19-44-4)23-57-38(28)61-39-35(58-24(2)3)42(55,56)34(51)32(22-50)60-39/h5,9-10,21,23-24,26-29,32,34-35,38-39,44,48-51,55-56H,1,6-8,11-20,22H2,2-4H3,(H,52,53)(H3,43,45,46)/p+1. The van der Waals surface area contributed by atoms with Crippen LogP contribution in [0.2, 0.25) is 0 Å². The van der Waals surface area contributed by atoms with Crippen LogP contribution in [0.5, 0.6) is 0 Å². The third-order valence-electron chi connectivity index (χ3n) is 12.3. The number of aliphatic carboxylic acids is 1. The minimum absolute atomic E-state index is 0.0781. The van der Waals surface area contributed by atoms with E-state index in [1.54, 1.807) is 26.0 Å². The van der Waals surface area contributed by atoms with E-state index in [9.17, 15) is 45.3 Å². The lowest BCUT2D eigenvalue weighted by atomic mass is 9.76. The number of nitrogens with two attached hydrogens (primary N) is 1. The number of aliphatic hydroxyl groups is 6. The molecular formula is C42H66N5O14+. The van der Waals surface area contributed by atoms with E-state index in [1.165, 1.54) is 18.5 Å². The minimum atomic E-state index is -2.93. The maximum absolute atomic E-state index is 14.3. The van der Waals surface area contributed by atoms with E-state index in [2.05, 4.69) is 22.2 Å². The van der Waals surface area contributed by atoms with Crippen LogP contribution in [0.3, 0.4) is 0 Å². The molecule has 19 nitrogen and oxygen atoms in total. The number of carbonyl (C=O) groups is 2. The highest BCUT2D eigenvalue weighted by Gasteiger charge is 2.58. The zero-order valence-electron chi connectivity index (χ0n) is 35.3. The summed E-state index contributed by atoms with van der Waals surface area (Å²) in [6.07, 6.45) is 4.43. The molecule has 342 valence electrons. The zero-order chi connectivity index (χ0) is 44.5. The Kier molecular flexibility index (Phi) is 17.1. The predicted molar refractivity (Wildman–Crippen MR) is 219 cm³/mol. The highest BCUT2D eigenvalue weighted by Crippen LogP contribution is 2.55. The number of quaternary nitrogens is 1. The van der Waals surface area contributed by atoms with Crippen molar-refractivity contribution in [2.45, 2.75) is 108 Å². The molecule has 2 aliphatic carbocycles. The zero-order valence-corrected chi connectivity index (χ0v) is 35.3. The molecule has 5 aliphatic rings. The fourth-order valence-corrected chi connectivity index (χ4v) is 9.33. The Hall–Kier alpha value is -3.73. The topological polar surface area (TPSA) is 289 Å². The van der Waals surface area contributed by atoms with Gasteiger partial charge < -0.3 is 80.7 Å². The average molecular weight is 865 g/mol. The van der Waals surface area contributed by atoms with Gasteiger partial charge in [0.15, 0.2) is 18.4 Å². The normalized spacial score (nSPS) is 34.1. The summed E-state index contributed by atoms with van der Waals surface area (Å²) in [6.45, 7) is 7.58. The number of nitrogens with zero attached hydrogens (tertiary/aromatic N) is 1. The average Bonchev–Trinajstić information content (AvgIpc) is 3.81. The fraction of sp³-hybridized carbons (Fsp3) is 0.690. The lowest BCUT2D eigenvalue weighted by Gasteiger charge is -2.48. The number of aliphatic imine (C=N–C) groups is 1. The van der Waals surface area contributed by atoms with Gasteiger partial charge in [0.1, 0.15) is 43.2 Å². The number of rotatable bonds is 19. The summed E-state index contributed by atoms with van der Waals surface area (Å²) in [7, 11) is 1.94. The van der Waals surface area contributed by atoms with Crippen molar-refractivity contribution >= 4 is 17.9 Å². The Bertz CT molecular complexity index is 1700. The van der Waals surface area contributed by atoms with Crippen molar-refractivity contribution in [2.75, 3.05) is 53.0 Å². The molecule has 3 heterocycles. The van der Waals surface area contributed by atoms with E-state index in [0.29, 0.717) is 29.2 Å². The summed E-state index contributed by atoms with van der Waals surface area (Å²) >= 11 is 0. The van der Waals surface area contributed by atoms with E-state index in [4.69, 9.17) is 29.4 Å². The monoisotopic (exact) mass is 864 g/mol. The van der Waals surface area contributed by atoms with Crippen LogP contribution in [0.25, 0.3) is 0 Å². The molecule has 0 amide bonds. The second kappa shape index (κ2) is 21.6. The van der Waals surface area contributed by atoms with Crippen LogP contribution in [-0.4, -0.2) is 156 Å². The molecule has 0 radical (unpaired) electrons. The number of aliphatic hydroxyl groups excluding tert-OH is 4. The van der Waals surface area contributed by atoms with Gasteiger partial charge in [0.25, 0.3) is 0 Å². The second-order valence-corrected chi connectivity index (χ2v) is 16.8. The molecular weight excluding hydrogens is 798 g/mol. The van der Waals surface area contributed by atoms with Crippen LogP contribution in [0.4, 0.5) is 0 Å². The first kappa shape index (κ1) is 48.3. The molecule has 0 bridgehead atoms. The molecule has 5 rings (SSSR count). The van der Waals surface area contributed by atoms with Gasteiger partial charge in [-0.1, -0.05) is 24.6 Å². The number of ether oxygens (including phenoxy) is 5. The van der Waals surface area contributed by atoms with Crippen LogP contribution >= 0.6 is 0 Å². The van der Waals surface area contributed by atoms with Crippen molar-refractivity contribution in [1.82, 2.24) is 10.6 Å². The molecule has 3 aliphatic heterocycles. The van der Waals surface area contributed by atoms with Gasteiger partial charge in [-0.2, -0.15) is 0 Å². The van der Waals surface area contributed by atoms with Crippen LogP contribution in [0.1, 0.15) is 58.8 Å². The third kappa shape index (κ3) is 11.3. The number of carboxylic acid groups (broad SMARTS) is 1. The molecule has 3 fully saturated rings. The first-order chi connectivity index (χ1) is 29.1. The van der Waals surface area contributed by atoms with Crippen LogP contribution in [-0.2, 0) is 33.3 Å².